The largest absolute Gasteiger partial charge is 0.354 e. The third-order valence-electron chi connectivity index (χ3n) is 3.46. The van der Waals surface area contributed by atoms with Crippen molar-refractivity contribution in [1.82, 2.24) is 5.32 Å². The molecule has 2 aromatic rings. The molecule has 1 atom stereocenters. The van der Waals surface area contributed by atoms with E-state index < -0.39 is 0 Å². The van der Waals surface area contributed by atoms with Gasteiger partial charge in [0.1, 0.15) is 0 Å². The zero-order chi connectivity index (χ0) is 14.9. The molecule has 0 saturated carbocycles. The molecule has 3 nitrogen and oxygen atoms in total. The molecule has 2 rings (SSSR count). The zero-order valence-corrected chi connectivity index (χ0v) is 13.4. The molecule has 0 aliphatic heterocycles. The monoisotopic (exact) mass is 318 g/mol. The summed E-state index contributed by atoms with van der Waals surface area (Å²) < 4.78 is 0. The minimum atomic E-state index is -0.149. The van der Waals surface area contributed by atoms with Crippen LogP contribution in [0.3, 0.4) is 0 Å². The van der Waals surface area contributed by atoms with Crippen molar-refractivity contribution in [3.8, 4) is 0 Å². The molecule has 0 bridgehead atoms. The lowest BCUT2D eigenvalue weighted by Crippen LogP contribution is -2.31. The Kier molecular flexibility index (Phi) is 8.26. The van der Waals surface area contributed by atoms with Gasteiger partial charge in [-0.25, -0.2) is 0 Å². The van der Waals surface area contributed by atoms with Gasteiger partial charge in [0.2, 0.25) is 5.91 Å². The van der Waals surface area contributed by atoms with Crippen molar-refractivity contribution in [2.24, 2.45) is 5.73 Å². The predicted octanol–water partition coefficient (Wildman–Crippen LogP) is 3.25. The fourth-order valence-corrected chi connectivity index (χ4v) is 2.23. The number of carbonyl (C=O) groups excluding carboxylic acids is 1. The van der Waals surface area contributed by atoms with Crippen LogP contribution in [0.2, 0.25) is 0 Å². The number of aryl methyl sites for hydroxylation is 1. The highest BCUT2D eigenvalue weighted by molar-refractivity contribution is 5.85. The summed E-state index contributed by atoms with van der Waals surface area (Å²) in [6, 6.07) is 19.9. The summed E-state index contributed by atoms with van der Waals surface area (Å²) in [7, 11) is 0. The standard InChI is InChI=1S/C18H22N2O.ClH/c19-17(16-11-5-2-6-12-16)14-20-18(21)13-7-10-15-8-3-1-4-9-15;/h1-6,8-9,11-12,17H,7,10,13-14,19H2,(H,20,21);1H. The van der Waals surface area contributed by atoms with Crippen LogP contribution >= 0.6 is 12.4 Å². The fraction of sp³-hybridized carbons (Fsp3) is 0.278. The molecule has 0 fully saturated rings. The molecule has 3 N–H and O–H groups in total. The molecule has 0 aliphatic carbocycles. The number of halogens is 1. The van der Waals surface area contributed by atoms with Gasteiger partial charge in [0.15, 0.2) is 0 Å². The number of rotatable bonds is 7. The summed E-state index contributed by atoms with van der Waals surface area (Å²) in [5.74, 6) is 0.0670. The minimum absolute atomic E-state index is 0. The van der Waals surface area contributed by atoms with Gasteiger partial charge < -0.3 is 11.1 Å². The van der Waals surface area contributed by atoms with E-state index in [0.29, 0.717) is 13.0 Å². The number of carbonyl (C=O) groups is 1. The van der Waals surface area contributed by atoms with E-state index in [9.17, 15) is 4.79 Å². The second-order valence-electron chi connectivity index (χ2n) is 5.16. The average molecular weight is 319 g/mol. The molecule has 0 saturated heterocycles. The molecule has 0 spiro atoms. The molecule has 4 heteroatoms. The first-order valence-electron chi connectivity index (χ1n) is 7.37. The van der Waals surface area contributed by atoms with Crippen LogP contribution in [0, 0.1) is 0 Å². The van der Waals surface area contributed by atoms with E-state index in [-0.39, 0.29) is 24.4 Å². The zero-order valence-electron chi connectivity index (χ0n) is 12.6. The van der Waals surface area contributed by atoms with Crippen LogP contribution in [-0.2, 0) is 11.2 Å². The first-order chi connectivity index (χ1) is 10.3. The predicted molar refractivity (Wildman–Crippen MR) is 93.0 cm³/mol. The molecule has 0 aliphatic rings. The number of nitrogens with one attached hydrogen (secondary N) is 1. The van der Waals surface area contributed by atoms with E-state index in [2.05, 4.69) is 17.4 Å². The molecular weight excluding hydrogens is 296 g/mol. The molecule has 2 aromatic carbocycles. The SMILES string of the molecule is Cl.NC(CNC(=O)CCCc1ccccc1)c1ccccc1. The van der Waals surface area contributed by atoms with E-state index >= 15 is 0 Å². The number of nitrogens with two attached hydrogens (primary N) is 1. The highest BCUT2D eigenvalue weighted by atomic mass is 35.5. The Hall–Kier alpha value is -1.84. The molecule has 0 heterocycles. The van der Waals surface area contributed by atoms with Gasteiger partial charge in [0.25, 0.3) is 0 Å². The van der Waals surface area contributed by atoms with E-state index in [1.54, 1.807) is 0 Å². The van der Waals surface area contributed by atoms with Crippen LogP contribution in [0.15, 0.2) is 60.7 Å². The Labute approximate surface area is 138 Å². The smallest absolute Gasteiger partial charge is 0.220 e. The Morgan fingerprint density at radius 2 is 1.59 bits per heavy atom. The molecule has 0 radical (unpaired) electrons. The summed E-state index contributed by atoms with van der Waals surface area (Å²) in [5, 5.41) is 2.90. The van der Waals surface area contributed by atoms with Crippen LogP contribution in [-0.4, -0.2) is 12.5 Å². The van der Waals surface area contributed by atoms with Gasteiger partial charge in [-0.05, 0) is 24.0 Å². The van der Waals surface area contributed by atoms with Crippen molar-refractivity contribution in [2.45, 2.75) is 25.3 Å². The highest BCUT2D eigenvalue weighted by Crippen LogP contribution is 2.08. The maximum Gasteiger partial charge on any atom is 0.220 e. The summed E-state index contributed by atoms with van der Waals surface area (Å²) in [5.41, 5.74) is 8.36. The number of hydrogen-bond acceptors (Lipinski definition) is 2. The van der Waals surface area contributed by atoms with Gasteiger partial charge >= 0.3 is 0 Å². The quantitative estimate of drug-likeness (QED) is 0.823. The molecule has 22 heavy (non-hydrogen) atoms. The van der Waals surface area contributed by atoms with Crippen molar-refractivity contribution >= 4 is 18.3 Å². The van der Waals surface area contributed by atoms with Crippen LogP contribution in [0.5, 0.6) is 0 Å². The van der Waals surface area contributed by atoms with Gasteiger partial charge in [0.05, 0.1) is 0 Å². The van der Waals surface area contributed by atoms with Gasteiger partial charge in [-0.15, -0.1) is 12.4 Å². The summed E-state index contributed by atoms with van der Waals surface area (Å²) >= 11 is 0. The first kappa shape index (κ1) is 18.2. The molecule has 1 amide bonds. The summed E-state index contributed by atoms with van der Waals surface area (Å²) in [6.07, 6.45) is 2.33. The van der Waals surface area contributed by atoms with Crippen molar-refractivity contribution in [1.29, 1.82) is 0 Å². The highest BCUT2D eigenvalue weighted by Gasteiger charge is 2.07. The van der Waals surface area contributed by atoms with Crippen molar-refractivity contribution in [2.75, 3.05) is 6.54 Å². The van der Waals surface area contributed by atoms with Crippen molar-refractivity contribution in [3.05, 3.63) is 71.8 Å². The van der Waals surface area contributed by atoms with Gasteiger partial charge in [-0.3, -0.25) is 4.79 Å². The minimum Gasteiger partial charge on any atom is -0.354 e. The number of amides is 1. The summed E-state index contributed by atoms with van der Waals surface area (Å²) in [4.78, 5) is 11.8. The lowest BCUT2D eigenvalue weighted by Gasteiger charge is -2.13. The van der Waals surface area contributed by atoms with Crippen molar-refractivity contribution in [3.63, 3.8) is 0 Å². The number of benzene rings is 2. The maximum atomic E-state index is 11.8. The lowest BCUT2D eigenvalue weighted by molar-refractivity contribution is -0.121. The lowest BCUT2D eigenvalue weighted by atomic mass is 10.1. The Balaban J connectivity index is 0.00000242. The van der Waals surface area contributed by atoms with Gasteiger partial charge in [-0.2, -0.15) is 0 Å². The van der Waals surface area contributed by atoms with Crippen LogP contribution < -0.4 is 11.1 Å². The van der Waals surface area contributed by atoms with Crippen LogP contribution in [0.4, 0.5) is 0 Å². The topological polar surface area (TPSA) is 55.1 Å². The first-order valence-corrected chi connectivity index (χ1v) is 7.37. The van der Waals surface area contributed by atoms with E-state index in [0.717, 1.165) is 18.4 Å². The van der Waals surface area contributed by atoms with E-state index in [4.69, 9.17) is 5.73 Å². The van der Waals surface area contributed by atoms with E-state index in [1.807, 2.05) is 48.5 Å². The molecule has 1 unspecified atom stereocenters. The molecular formula is C18H23ClN2O. The van der Waals surface area contributed by atoms with Gasteiger partial charge in [0, 0.05) is 19.0 Å². The van der Waals surface area contributed by atoms with E-state index in [1.165, 1.54) is 5.56 Å². The van der Waals surface area contributed by atoms with Gasteiger partial charge in [-0.1, -0.05) is 60.7 Å². The fourth-order valence-electron chi connectivity index (χ4n) is 2.23. The third-order valence-corrected chi connectivity index (χ3v) is 3.46. The van der Waals surface area contributed by atoms with Crippen LogP contribution in [0.25, 0.3) is 0 Å². The molecule has 0 aromatic heterocycles. The second kappa shape index (κ2) is 9.98. The normalized spacial score (nSPS) is 11.3. The Morgan fingerprint density at radius 1 is 1.00 bits per heavy atom. The third kappa shape index (κ3) is 6.29. The Morgan fingerprint density at radius 3 is 2.23 bits per heavy atom. The van der Waals surface area contributed by atoms with Crippen LogP contribution in [0.1, 0.15) is 30.0 Å². The maximum absolute atomic E-state index is 11.8. The summed E-state index contributed by atoms with van der Waals surface area (Å²) in [6.45, 7) is 0.480. The second-order valence-corrected chi connectivity index (χ2v) is 5.16. The van der Waals surface area contributed by atoms with Crippen molar-refractivity contribution < 1.29 is 4.79 Å². The number of hydrogen-bond donors (Lipinski definition) is 2. The Bertz CT molecular complexity index is 546. The molecule has 118 valence electrons. The average Bonchev–Trinajstić information content (AvgIpc) is 2.54.